The van der Waals surface area contributed by atoms with Crippen molar-refractivity contribution in [3.63, 3.8) is 0 Å². The van der Waals surface area contributed by atoms with Crippen LogP contribution in [0, 0.1) is 0 Å². The Hall–Kier alpha value is -2.03. The normalized spacial score (nSPS) is 18.8. The van der Waals surface area contributed by atoms with Crippen molar-refractivity contribution in [3.8, 4) is 0 Å². The fourth-order valence-electron chi connectivity index (χ4n) is 2.98. The van der Waals surface area contributed by atoms with E-state index in [9.17, 15) is 13.2 Å². The number of aromatic nitrogens is 1. The van der Waals surface area contributed by atoms with Crippen LogP contribution in [0.5, 0.6) is 0 Å². The molecule has 2 rings (SSSR count). The summed E-state index contributed by atoms with van der Waals surface area (Å²) >= 11 is 0. The van der Waals surface area contributed by atoms with Crippen LogP contribution in [-0.4, -0.2) is 68.3 Å². The first-order valence-electron chi connectivity index (χ1n) is 8.73. The summed E-state index contributed by atoms with van der Waals surface area (Å²) in [6.45, 7) is 3.01. The van der Waals surface area contributed by atoms with Gasteiger partial charge in [0.15, 0.2) is 5.96 Å². The van der Waals surface area contributed by atoms with Gasteiger partial charge in [-0.2, -0.15) is 13.2 Å². The number of halogens is 3. The van der Waals surface area contributed by atoms with Crippen LogP contribution < -0.4 is 15.5 Å². The van der Waals surface area contributed by atoms with Crippen molar-refractivity contribution in [2.24, 2.45) is 4.99 Å². The van der Waals surface area contributed by atoms with Gasteiger partial charge in [-0.05, 0) is 19.4 Å². The largest absolute Gasteiger partial charge is 0.401 e. The van der Waals surface area contributed by atoms with Crippen LogP contribution >= 0.6 is 0 Å². The van der Waals surface area contributed by atoms with Gasteiger partial charge in [0.1, 0.15) is 5.82 Å². The van der Waals surface area contributed by atoms with Crippen LogP contribution in [0.15, 0.2) is 23.3 Å². The first kappa shape index (κ1) is 20.3. The Morgan fingerprint density at radius 3 is 2.85 bits per heavy atom. The topological polar surface area (TPSA) is 55.8 Å². The van der Waals surface area contributed by atoms with E-state index in [0.717, 1.165) is 11.4 Å². The standard InChI is InChI=1S/C17H27F3N6/c1-4-21-16(23-10-13-6-5-8-22-15(13)25(2)3)24-14-7-9-26(11-14)12-17(18,19)20/h5-6,8,14H,4,7,9-12H2,1-3H3,(H2,21,23,24). The molecule has 6 nitrogen and oxygen atoms in total. The fourth-order valence-corrected chi connectivity index (χ4v) is 2.98. The van der Waals surface area contributed by atoms with Gasteiger partial charge in [0.05, 0.1) is 13.1 Å². The van der Waals surface area contributed by atoms with Crippen molar-refractivity contribution in [2.45, 2.75) is 32.1 Å². The summed E-state index contributed by atoms with van der Waals surface area (Å²) < 4.78 is 37.6. The number of hydrogen-bond acceptors (Lipinski definition) is 4. The molecule has 146 valence electrons. The van der Waals surface area contributed by atoms with Gasteiger partial charge in [0.25, 0.3) is 0 Å². The molecule has 0 radical (unpaired) electrons. The highest BCUT2D eigenvalue weighted by Crippen LogP contribution is 2.20. The zero-order valence-electron chi connectivity index (χ0n) is 15.5. The number of rotatable bonds is 6. The second-order valence-corrected chi connectivity index (χ2v) is 6.56. The Kier molecular flexibility index (Phi) is 7.07. The molecular weight excluding hydrogens is 345 g/mol. The molecule has 2 heterocycles. The van der Waals surface area contributed by atoms with Crippen LogP contribution in [0.25, 0.3) is 0 Å². The maximum Gasteiger partial charge on any atom is 0.401 e. The summed E-state index contributed by atoms with van der Waals surface area (Å²) in [5.41, 5.74) is 0.986. The maximum atomic E-state index is 12.5. The van der Waals surface area contributed by atoms with Gasteiger partial charge in [-0.25, -0.2) is 9.98 Å². The molecule has 1 unspecified atom stereocenters. The van der Waals surface area contributed by atoms with Crippen LogP contribution in [0.4, 0.5) is 19.0 Å². The molecule has 0 amide bonds. The highest BCUT2D eigenvalue weighted by molar-refractivity contribution is 5.80. The minimum atomic E-state index is -4.16. The number of anilines is 1. The molecule has 9 heteroatoms. The molecule has 1 saturated heterocycles. The third-order valence-electron chi connectivity index (χ3n) is 4.06. The average molecular weight is 372 g/mol. The molecule has 0 spiro atoms. The molecule has 26 heavy (non-hydrogen) atoms. The molecule has 1 aliphatic heterocycles. The van der Waals surface area contributed by atoms with E-state index in [0.29, 0.717) is 38.6 Å². The number of hydrogen-bond donors (Lipinski definition) is 2. The zero-order valence-corrected chi connectivity index (χ0v) is 15.5. The van der Waals surface area contributed by atoms with Gasteiger partial charge in [0, 0.05) is 51.5 Å². The Morgan fingerprint density at radius 2 is 2.19 bits per heavy atom. The molecule has 0 bridgehead atoms. The van der Waals surface area contributed by atoms with Crippen molar-refractivity contribution < 1.29 is 13.2 Å². The van der Waals surface area contributed by atoms with E-state index in [2.05, 4.69) is 20.6 Å². The van der Waals surface area contributed by atoms with Crippen LogP contribution in [-0.2, 0) is 6.54 Å². The lowest BCUT2D eigenvalue weighted by atomic mass is 10.2. The molecule has 0 aliphatic carbocycles. The van der Waals surface area contributed by atoms with Crippen molar-refractivity contribution >= 4 is 11.8 Å². The number of aliphatic imine (C=N–C) groups is 1. The quantitative estimate of drug-likeness (QED) is 0.590. The SMILES string of the molecule is CCNC(=NCc1cccnc1N(C)C)NC1CCN(CC(F)(F)F)C1. The zero-order chi connectivity index (χ0) is 19.2. The Morgan fingerprint density at radius 1 is 1.42 bits per heavy atom. The van der Waals surface area contributed by atoms with Crippen molar-refractivity contribution in [3.05, 3.63) is 23.9 Å². The second-order valence-electron chi connectivity index (χ2n) is 6.56. The Labute approximate surface area is 152 Å². The predicted molar refractivity (Wildman–Crippen MR) is 97.4 cm³/mol. The molecule has 1 aromatic heterocycles. The smallest absolute Gasteiger partial charge is 0.362 e. The molecular formula is C17H27F3N6. The minimum absolute atomic E-state index is 0.0441. The van der Waals surface area contributed by atoms with Crippen molar-refractivity contribution in [1.29, 1.82) is 0 Å². The van der Waals surface area contributed by atoms with E-state index in [-0.39, 0.29) is 6.04 Å². The number of alkyl halides is 3. The second kappa shape index (κ2) is 9.07. The van der Waals surface area contributed by atoms with E-state index in [1.54, 1.807) is 6.20 Å². The summed E-state index contributed by atoms with van der Waals surface area (Å²) in [4.78, 5) is 12.3. The maximum absolute atomic E-state index is 12.5. The third-order valence-corrected chi connectivity index (χ3v) is 4.06. The van der Waals surface area contributed by atoms with Crippen LogP contribution in [0.3, 0.4) is 0 Å². The Bertz CT molecular complexity index is 602. The van der Waals surface area contributed by atoms with E-state index >= 15 is 0 Å². The highest BCUT2D eigenvalue weighted by atomic mass is 19.4. The third kappa shape index (κ3) is 6.36. The molecule has 0 saturated carbocycles. The summed E-state index contributed by atoms with van der Waals surface area (Å²) in [7, 11) is 3.85. The van der Waals surface area contributed by atoms with Gasteiger partial charge >= 0.3 is 6.18 Å². The van der Waals surface area contributed by atoms with Crippen molar-refractivity contribution in [1.82, 2.24) is 20.5 Å². The Balaban J connectivity index is 1.98. The lowest BCUT2D eigenvalue weighted by Crippen LogP contribution is -2.45. The summed E-state index contributed by atoms with van der Waals surface area (Å²) in [6.07, 6.45) is -1.76. The summed E-state index contributed by atoms with van der Waals surface area (Å²) in [5.74, 6) is 1.46. The van der Waals surface area contributed by atoms with E-state index in [1.807, 2.05) is 38.1 Å². The molecule has 1 aliphatic rings. The first-order chi connectivity index (χ1) is 12.3. The molecule has 1 aromatic rings. The van der Waals surface area contributed by atoms with Crippen LogP contribution in [0.1, 0.15) is 18.9 Å². The van der Waals surface area contributed by atoms with E-state index in [1.165, 1.54) is 4.90 Å². The molecule has 1 atom stereocenters. The van der Waals surface area contributed by atoms with Gasteiger partial charge in [-0.1, -0.05) is 6.07 Å². The van der Waals surface area contributed by atoms with Crippen LogP contribution in [0.2, 0.25) is 0 Å². The van der Waals surface area contributed by atoms with Gasteiger partial charge in [-0.15, -0.1) is 0 Å². The molecule has 1 fully saturated rings. The minimum Gasteiger partial charge on any atom is -0.362 e. The number of guanidine groups is 1. The lowest BCUT2D eigenvalue weighted by Gasteiger charge is -2.20. The number of nitrogens with zero attached hydrogens (tertiary/aromatic N) is 4. The van der Waals surface area contributed by atoms with E-state index < -0.39 is 12.7 Å². The van der Waals surface area contributed by atoms with Gasteiger partial charge < -0.3 is 15.5 Å². The molecule has 2 N–H and O–H groups in total. The monoisotopic (exact) mass is 372 g/mol. The fraction of sp³-hybridized carbons (Fsp3) is 0.647. The van der Waals surface area contributed by atoms with Crippen molar-refractivity contribution in [2.75, 3.05) is 45.2 Å². The predicted octanol–water partition coefficient (Wildman–Crippen LogP) is 1.84. The number of nitrogens with one attached hydrogen (secondary N) is 2. The first-order valence-corrected chi connectivity index (χ1v) is 8.73. The van der Waals surface area contributed by atoms with E-state index in [4.69, 9.17) is 0 Å². The molecule has 0 aromatic carbocycles. The number of pyridine rings is 1. The summed E-state index contributed by atoms with van der Waals surface area (Å²) in [5, 5.41) is 6.40. The average Bonchev–Trinajstić information content (AvgIpc) is 2.98. The van der Waals surface area contributed by atoms with Gasteiger partial charge in [-0.3, -0.25) is 4.90 Å². The highest BCUT2D eigenvalue weighted by Gasteiger charge is 2.34. The summed E-state index contributed by atoms with van der Waals surface area (Å²) in [6, 6.07) is 3.79. The number of likely N-dealkylation sites (tertiary alicyclic amines) is 1. The van der Waals surface area contributed by atoms with Gasteiger partial charge in [0.2, 0.25) is 0 Å². The lowest BCUT2D eigenvalue weighted by molar-refractivity contribution is -0.143.